The summed E-state index contributed by atoms with van der Waals surface area (Å²) in [5, 5.41) is 1.05. The molecular formula is C71H49N3S. The first kappa shape index (κ1) is 42.9. The molecule has 0 aliphatic heterocycles. The lowest BCUT2D eigenvalue weighted by molar-refractivity contribution is 0.562. The van der Waals surface area contributed by atoms with E-state index in [1.807, 2.05) is 24.4 Å². The largest absolute Gasteiger partial charge is 0.252 e. The van der Waals surface area contributed by atoms with Gasteiger partial charge in [0.1, 0.15) is 5.01 Å². The van der Waals surface area contributed by atoms with Crippen molar-refractivity contribution < 1.29 is 0 Å². The predicted octanol–water partition coefficient (Wildman–Crippen LogP) is 17.2. The van der Waals surface area contributed by atoms with E-state index in [1.165, 1.54) is 110 Å². The number of rotatable bonds is 3. The summed E-state index contributed by atoms with van der Waals surface area (Å²) in [7, 11) is 0. The van der Waals surface area contributed by atoms with Gasteiger partial charge in [-0.2, -0.15) is 0 Å². The van der Waals surface area contributed by atoms with Crippen molar-refractivity contribution in [2.24, 2.45) is 0 Å². The third-order valence-electron chi connectivity index (χ3n) is 17.9. The van der Waals surface area contributed by atoms with Crippen molar-refractivity contribution in [3.05, 3.63) is 291 Å². The van der Waals surface area contributed by atoms with Gasteiger partial charge in [-0.05, 0) is 137 Å². The highest BCUT2D eigenvalue weighted by Gasteiger charge is 2.56. The fourth-order valence-electron chi connectivity index (χ4n) is 14.7. The van der Waals surface area contributed by atoms with Crippen LogP contribution in [-0.4, -0.2) is 15.0 Å². The molecule has 0 saturated heterocycles. The molecule has 0 N–H and O–H groups in total. The Kier molecular flexibility index (Phi) is 8.60. The van der Waals surface area contributed by atoms with Crippen molar-refractivity contribution >= 4 is 32.6 Å². The minimum Gasteiger partial charge on any atom is -0.252 e. The summed E-state index contributed by atoms with van der Waals surface area (Å²) >= 11 is 1.79. The fourth-order valence-corrected chi connectivity index (χ4v) is 15.7. The molecule has 16 rings (SSSR count). The number of nitrogens with zero attached hydrogens (tertiary/aromatic N) is 3. The molecule has 2 spiro atoms. The molecule has 354 valence electrons. The molecule has 4 aliphatic rings. The Morgan fingerprint density at radius 2 is 0.747 bits per heavy atom. The number of hydrogen-bond donors (Lipinski definition) is 0. The SMILES string of the molecule is CC1(C)c2ccccc2C2(c3ccccc3-c3c(-c4cnc5ccccc5n4)cccc32)c2cc(-c3ccc4c(c3)C3(c5ccccc5-c5c(-c6nc7ccccc7s6)cccc53)c3ccccc3C4(C)C)ccc21. The zero-order valence-corrected chi connectivity index (χ0v) is 42.9. The molecule has 12 aromatic rings. The molecule has 10 aromatic carbocycles. The van der Waals surface area contributed by atoms with Gasteiger partial charge in [0.2, 0.25) is 0 Å². The van der Waals surface area contributed by atoms with E-state index in [0.29, 0.717) is 0 Å². The number of thiazole rings is 1. The number of fused-ring (bicyclic) bond motifs is 20. The van der Waals surface area contributed by atoms with Gasteiger partial charge in [-0.1, -0.05) is 210 Å². The van der Waals surface area contributed by atoms with Crippen LogP contribution in [0.25, 0.3) is 76.5 Å². The van der Waals surface area contributed by atoms with E-state index in [2.05, 4.69) is 228 Å². The number of benzene rings is 10. The van der Waals surface area contributed by atoms with Crippen LogP contribution in [0.15, 0.2) is 225 Å². The van der Waals surface area contributed by atoms with E-state index in [4.69, 9.17) is 15.0 Å². The van der Waals surface area contributed by atoms with E-state index in [9.17, 15) is 0 Å². The predicted molar refractivity (Wildman–Crippen MR) is 308 cm³/mol. The summed E-state index contributed by atoms with van der Waals surface area (Å²) in [6.07, 6.45) is 1.96. The number of aromatic nitrogens is 3. The average Bonchev–Trinajstić information content (AvgIpc) is 4.36. The highest BCUT2D eigenvalue weighted by Crippen LogP contribution is 2.66. The smallest absolute Gasteiger partial charge is 0.125 e. The van der Waals surface area contributed by atoms with Crippen LogP contribution in [0.4, 0.5) is 0 Å². The Bertz CT molecular complexity index is 4430. The van der Waals surface area contributed by atoms with Crippen molar-refractivity contribution in [1.29, 1.82) is 0 Å². The molecule has 4 aliphatic carbocycles. The van der Waals surface area contributed by atoms with E-state index in [1.54, 1.807) is 11.3 Å². The molecule has 0 fully saturated rings. The van der Waals surface area contributed by atoms with Crippen LogP contribution in [0.5, 0.6) is 0 Å². The molecule has 2 unspecified atom stereocenters. The molecule has 4 heteroatoms. The monoisotopic (exact) mass is 975 g/mol. The Labute approximate surface area is 441 Å². The van der Waals surface area contributed by atoms with Crippen LogP contribution in [-0.2, 0) is 21.7 Å². The van der Waals surface area contributed by atoms with Gasteiger partial charge in [0.25, 0.3) is 0 Å². The van der Waals surface area contributed by atoms with Gasteiger partial charge in [-0.25, -0.2) is 9.97 Å². The summed E-state index contributed by atoms with van der Waals surface area (Å²) in [5.41, 5.74) is 27.7. The quantitative estimate of drug-likeness (QED) is 0.177. The molecule has 2 atom stereocenters. The molecule has 2 heterocycles. The highest BCUT2D eigenvalue weighted by atomic mass is 32.1. The van der Waals surface area contributed by atoms with Gasteiger partial charge < -0.3 is 0 Å². The zero-order chi connectivity index (χ0) is 50.0. The lowest BCUT2D eigenvalue weighted by Gasteiger charge is -2.47. The highest BCUT2D eigenvalue weighted by molar-refractivity contribution is 7.21. The van der Waals surface area contributed by atoms with Crippen LogP contribution in [0.1, 0.15) is 94.5 Å². The van der Waals surface area contributed by atoms with Crippen molar-refractivity contribution in [3.8, 4) is 55.2 Å². The molecule has 0 radical (unpaired) electrons. The van der Waals surface area contributed by atoms with Crippen molar-refractivity contribution in [2.45, 2.75) is 49.4 Å². The lowest BCUT2D eigenvalue weighted by atomic mass is 9.55. The average molecular weight is 976 g/mol. The van der Waals surface area contributed by atoms with E-state index >= 15 is 0 Å². The summed E-state index contributed by atoms with van der Waals surface area (Å²) in [4.78, 5) is 15.5. The number of para-hydroxylation sites is 3. The molecule has 3 nitrogen and oxygen atoms in total. The van der Waals surface area contributed by atoms with Gasteiger partial charge in [0.05, 0.1) is 44.0 Å². The maximum Gasteiger partial charge on any atom is 0.125 e. The van der Waals surface area contributed by atoms with Crippen LogP contribution in [0, 0.1) is 0 Å². The van der Waals surface area contributed by atoms with Crippen LogP contribution in [0.2, 0.25) is 0 Å². The topological polar surface area (TPSA) is 38.7 Å². The second kappa shape index (κ2) is 15.0. The third-order valence-corrected chi connectivity index (χ3v) is 19.0. The molecular weight excluding hydrogens is 927 g/mol. The first-order valence-electron chi connectivity index (χ1n) is 26.3. The van der Waals surface area contributed by atoms with Gasteiger partial charge in [0, 0.05) is 22.0 Å². The van der Waals surface area contributed by atoms with Gasteiger partial charge in [-0.3, -0.25) is 4.98 Å². The summed E-state index contributed by atoms with van der Waals surface area (Å²) in [6, 6.07) is 82.3. The van der Waals surface area contributed by atoms with Gasteiger partial charge in [0.15, 0.2) is 0 Å². The van der Waals surface area contributed by atoms with Crippen molar-refractivity contribution in [1.82, 2.24) is 15.0 Å². The van der Waals surface area contributed by atoms with E-state index in [0.717, 1.165) is 32.8 Å². The first-order valence-corrected chi connectivity index (χ1v) is 27.1. The molecule has 0 amide bonds. The minimum atomic E-state index is -0.611. The molecule has 2 aromatic heterocycles. The van der Waals surface area contributed by atoms with Crippen molar-refractivity contribution in [3.63, 3.8) is 0 Å². The van der Waals surface area contributed by atoms with E-state index < -0.39 is 10.8 Å². The van der Waals surface area contributed by atoms with Gasteiger partial charge in [-0.15, -0.1) is 11.3 Å². The minimum absolute atomic E-state index is 0.268. The molecule has 0 saturated carbocycles. The normalized spacial score (nSPS) is 18.5. The van der Waals surface area contributed by atoms with Gasteiger partial charge >= 0.3 is 0 Å². The Balaban J connectivity index is 0.961. The lowest BCUT2D eigenvalue weighted by Crippen LogP contribution is -2.41. The van der Waals surface area contributed by atoms with E-state index in [-0.39, 0.29) is 10.8 Å². The maximum absolute atomic E-state index is 5.29. The maximum atomic E-state index is 5.29. The molecule has 75 heavy (non-hydrogen) atoms. The second-order valence-electron chi connectivity index (χ2n) is 22.1. The van der Waals surface area contributed by atoms with Crippen LogP contribution < -0.4 is 0 Å². The van der Waals surface area contributed by atoms with Crippen LogP contribution >= 0.6 is 11.3 Å². The first-order chi connectivity index (χ1) is 36.7. The third kappa shape index (κ3) is 5.42. The summed E-state index contributed by atoms with van der Waals surface area (Å²) in [6.45, 7) is 9.68. The zero-order valence-electron chi connectivity index (χ0n) is 42.1. The molecule has 0 bridgehead atoms. The Morgan fingerprint density at radius 1 is 0.320 bits per heavy atom. The Hall–Kier alpha value is -8.57. The fraction of sp³-hybridized carbons (Fsp3) is 0.113. The standard InChI is InChI=1S/C71H49N3S/c1-68(2)50-25-9-11-27-54(50)70(48-23-7-5-19-44(48)65-46(21-17-29-56(65)70)63-41-72-60-31-13-14-32-61(60)73-63)58-39-42(35-37-52(58)68)43-36-38-53-59(40-43)71(55-28-12-10-26-51(55)69(53,3)4)49-24-8-6-20-45(49)66-47(22-18-30-57(66)71)67-74-62-33-15-16-34-64(62)75-67/h5-41H,1-4H3. The number of hydrogen-bond acceptors (Lipinski definition) is 4. The van der Waals surface area contributed by atoms with Crippen molar-refractivity contribution in [2.75, 3.05) is 0 Å². The summed E-state index contributed by atoms with van der Waals surface area (Å²) < 4.78 is 1.20. The Morgan fingerprint density at radius 3 is 1.32 bits per heavy atom. The summed E-state index contributed by atoms with van der Waals surface area (Å²) in [5.74, 6) is 0. The second-order valence-corrected chi connectivity index (χ2v) is 23.2. The van der Waals surface area contributed by atoms with Crippen LogP contribution in [0.3, 0.4) is 0 Å².